The van der Waals surface area contributed by atoms with E-state index in [1.165, 1.54) is 51.0 Å². The molecule has 1 saturated carbocycles. The summed E-state index contributed by atoms with van der Waals surface area (Å²) in [6, 6.07) is 12.4. The van der Waals surface area contributed by atoms with Gasteiger partial charge in [-0.1, -0.05) is 37.3 Å². The highest BCUT2D eigenvalue weighted by molar-refractivity contribution is 5.14. The average molecular weight is 287 g/mol. The molecule has 2 fully saturated rings. The fraction of sp³-hybridized carbons (Fsp3) is 0.667. The summed E-state index contributed by atoms with van der Waals surface area (Å²) in [6.45, 7) is 9.39. The normalized spacial score (nSPS) is 23.0. The minimum atomic E-state index is 0.687. The minimum Gasteiger partial charge on any atom is -0.311 e. The van der Waals surface area contributed by atoms with Crippen LogP contribution in [0.25, 0.3) is 0 Å². The van der Waals surface area contributed by atoms with Gasteiger partial charge in [0.2, 0.25) is 0 Å². The number of rotatable bonds is 8. The monoisotopic (exact) mass is 287 g/mol. The highest BCUT2D eigenvalue weighted by Crippen LogP contribution is 2.25. The van der Waals surface area contributed by atoms with Gasteiger partial charge in [0, 0.05) is 44.8 Å². The van der Waals surface area contributed by atoms with E-state index >= 15 is 0 Å². The molecule has 1 atom stereocenters. The average Bonchev–Trinajstić information content (AvgIpc) is 3.26. The molecule has 2 aliphatic rings. The molecular weight excluding hydrogens is 258 g/mol. The lowest BCUT2D eigenvalue weighted by molar-refractivity contribution is 0.269. The summed E-state index contributed by atoms with van der Waals surface area (Å²) >= 11 is 0. The van der Waals surface area contributed by atoms with Crippen LogP contribution in [0.15, 0.2) is 30.3 Å². The van der Waals surface area contributed by atoms with Gasteiger partial charge in [0.1, 0.15) is 0 Å². The van der Waals surface area contributed by atoms with E-state index in [-0.39, 0.29) is 0 Å². The van der Waals surface area contributed by atoms with E-state index in [9.17, 15) is 0 Å². The molecule has 0 spiro atoms. The van der Waals surface area contributed by atoms with Crippen molar-refractivity contribution in [2.75, 3.05) is 32.7 Å². The van der Waals surface area contributed by atoms with Crippen molar-refractivity contribution < 1.29 is 0 Å². The lowest BCUT2D eigenvalue weighted by Crippen LogP contribution is -2.39. The largest absolute Gasteiger partial charge is 0.311 e. The van der Waals surface area contributed by atoms with Crippen LogP contribution in [0.5, 0.6) is 0 Å². The molecule has 0 amide bonds. The van der Waals surface area contributed by atoms with Gasteiger partial charge in [-0.2, -0.15) is 0 Å². The lowest BCUT2D eigenvalue weighted by atomic mass is 10.2. The van der Waals surface area contributed by atoms with Gasteiger partial charge in [-0.3, -0.25) is 9.80 Å². The molecule has 1 aliphatic heterocycles. The first kappa shape index (κ1) is 15.0. The number of likely N-dealkylation sites (tertiary alicyclic amines) is 1. The van der Waals surface area contributed by atoms with Gasteiger partial charge in [0.15, 0.2) is 0 Å². The van der Waals surface area contributed by atoms with E-state index in [2.05, 4.69) is 52.4 Å². The first-order chi connectivity index (χ1) is 10.3. The number of nitrogens with one attached hydrogen (secondary N) is 1. The second kappa shape index (κ2) is 7.39. The topological polar surface area (TPSA) is 18.5 Å². The second-order valence-corrected chi connectivity index (χ2v) is 6.52. The minimum absolute atomic E-state index is 0.687. The number of likely N-dealkylation sites (N-methyl/N-ethyl adjacent to an activating group) is 1. The Morgan fingerprint density at radius 1 is 1.19 bits per heavy atom. The maximum absolute atomic E-state index is 3.76. The van der Waals surface area contributed by atoms with Crippen LogP contribution in [0.4, 0.5) is 0 Å². The van der Waals surface area contributed by atoms with Crippen molar-refractivity contribution in [2.45, 2.75) is 44.8 Å². The maximum atomic E-state index is 3.76. The van der Waals surface area contributed by atoms with Crippen molar-refractivity contribution in [1.82, 2.24) is 15.1 Å². The molecule has 1 unspecified atom stereocenters. The van der Waals surface area contributed by atoms with E-state index in [4.69, 9.17) is 0 Å². The maximum Gasteiger partial charge on any atom is 0.0234 e. The quantitative estimate of drug-likeness (QED) is 0.792. The van der Waals surface area contributed by atoms with Crippen molar-refractivity contribution in [3.05, 3.63) is 35.9 Å². The van der Waals surface area contributed by atoms with Crippen LogP contribution < -0.4 is 5.32 Å². The Bertz CT molecular complexity index is 416. The van der Waals surface area contributed by atoms with Crippen molar-refractivity contribution in [2.24, 2.45) is 0 Å². The fourth-order valence-corrected chi connectivity index (χ4v) is 3.44. The van der Waals surface area contributed by atoms with Gasteiger partial charge in [0.25, 0.3) is 0 Å². The van der Waals surface area contributed by atoms with E-state index < -0.39 is 0 Å². The molecular formula is C18H29N3. The third-order valence-electron chi connectivity index (χ3n) is 4.82. The van der Waals surface area contributed by atoms with E-state index in [1.54, 1.807) is 0 Å². The number of nitrogens with zero attached hydrogens (tertiary/aromatic N) is 2. The van der Waals surface area contributed by atoms with Gasteiger partial charge in [-0.05, 0) is 31.4 Å². The molecule has 1 saturated heterocycles. The van der Waals surface area contributed by atoms with Crippen LogP contribution in [-0.2, 0) is 6.54 Å². The predicted octanol–water partition coefficient (Wildman–Crippen LogP) is 2.33. The summed E-state index contributed by atoms with van der Waals surface area (Å²) in [5.41, 5.74) is 1.43. The van der Waals surface area contributed by atoms with Crippen LogP contribution in [0, 0.1) is 0 Å². The van der Waals surface area contributed by atoms with Gasteiger partial charge in [-0.15, -0.1) is 0 Å². The standard InChI is InChI=1S/C18H29N3/c1-2-21(18-8-9-18)13-11-19-17-10-12-20(15-17)14-16-6-4-3-5-7-16/h3-7,17-19H,2,8-15H2,1H3. The Labute approximate surface area is 129 Å². The first-order valence-electron chi connectivity index (χ1n) is 8.59. The van der Waals surface area contributed by atoms with Crippen molar-refractivity contribution >= 4 is 0 Å². The zero-order chi connectivity index (χ0) is 14.5. The van der Waals surface area contributed by atoms with Crippen LogP contribution in [0.1, 0.15) is 31.7 Å². The van der Waals surface area contributed by atoms with E-state index in [0.29, 0.717) is 6.04 Å². The molecule has 0 radical (unpaired) electrons. The van der Waals surface area contributed by atoms with Crippen LogP contribution in [0.2, 0.25) is 0 Å². The van der Waals surface area contributed by atoms with Gasteiger partial charge >= 0.3 is 0 Å². The summed E-state index contributed by atoms with van der Waals surface area (Å²) in [5.74, 6) is 0. The highest BCUT2D eigenvalue weighted by Gasteiger charge is 2.27. The molecule has 21 heavy (non-hydrogen) atoms. The number of hydrogen-bond acceptors (Lipinski definition) is 3. The molecule has 1 N–H and O–H groups in total. The Morgan fingerprint density at radius 3 is 2.71 bits per heavy atom. The number of hydrogen-bond donors (Lipinski definition) is 1. The molecule has 1 heterocycles. The first-order valence-corrected chi connectivity index (χ1v) is 8.59. The van der Waals surface area contributed by atoms with Gasteiger partial charge in [-0.25, -0.2) is 0 Å². The molecule has 1 aromatic carbocycles. The Morgan fingerprint density at radius 2 is 2.00 bits per heavy atom. The predicted molar refractivity (Wildman–Crippen MR) is 88.4 cm³/mol. The Hall–Kier alpha value is -0.900. The van der Waals surface area contributed by atoms with Crippen molar-refractivity contribution in [3.8, 4) is 0 Å². The Balaban J connectivity index is 1.34. The third kappa shape index (κ3) is 4.53. The lowest BCUT2D eigenvalue weighted by Gasteiger charge is -2.22. The smallest absolute Gasteiger partial charge is 0.0234 e. The zero-order valence-electron chi connectivity index (χ0n) is 13.3. The molecule has 0 bridgehead atoms. The van der Waals surface area contributed by atoms with Crippen LogP contribution >= 0.6 is 0 Å². The second-order valence-electron chi connectivity index (χ2n) is 6.52. The summed E-state index contributed by atoms with van der Waals surface area (Å²) in [5, 5.41) is 3.76. The molecule has 0 aromatic heterocycles. The molecule has 116 valence electrons. The van der Waals surface area contributed by atoms with Gasteiger partial charge in [0.05, 0.1) is 0 Å². The molecule has 3 heteroatoms. The zero-order valence-corrected chi connectivity index (χ0v) is 13.3. The van der Waals surface area contributed by atoms with Crippen LogP contribution in [-0.4, -0.2) is 54.6 Å². The van der Waals surface area contributed by atoms with Crippen molar-refractivity contribution in [1.29, 1.82) is 0 Å². The highest BCUT2D eigenvalue weighted by atomic mass is 15.2. The molecule has 1 aromatic rings. The molecule has 1 aliphatic carbocycles. The summed E-state index contributed by atoms with van der Waals surface area (Å²) in [4.78, 5) is 5.20. The summed E-state index contributed by atoms with van der Waals surface area (Å²) < 4.78 is 0. The number of benzene rings is 1. The Kier molecular flexibility index (Phi) is 5.28. The summed E-state index contributed by atoms with van der Waals surface area (Å²) in [7, 11) is 0. The molecule has 3 rings (SSSR count). The van der Waals surface area contributed by atoms with E-state index in [0.717, 1.165) is 19.1 Å². The summed E-state index contributed by atoms with van der Waals surface area (Å²) in [6.07, 6.45) is 4.13. The third-order valence-corrected chi connectivity index (χ3v) is 4.82. The van der Waals surface area contributed by atoms with E-state index in [1.807, 2.05) is 0 Å². The fourth-order valence-electron chi connectivity index (χ4n) is 3.44. The van der Waals surface area contributed by atoms with Crippen molar-refractivity contribution in [3.63, 3.8) is 0 Å². The van der Waals surface area contributed by atoms with Crippen LogP contribution in [0.3, 0.4) is 0 Å². The SMILES string of the molecule is CCN(CCNC1CCN(Cc2ccccc2)C1)C1CC1. The molecule has 3 nitrogen and oxygen atoms in total. The van der Waals surface area contributed by atoms with Gasteiger partial charge < -0.3 is 5.32 Å².